The van der Waals surface area contributed by atoms with E-state index in [1.807, 2.05) is 13.8 Å². The molecule has 6 nitrogen and oxygen atoms in total. The van der Waals surface area contributed by atoms with Crippen molar-refractivity contribution in [2.45, 2.75) is 83.3 Å². The summed E-state index contributed by atoms with van der Waals surface area (Å²) < 4.78 is 11.2. The van der Waals surface area contributed by atoms with Gasteiger partial charge < -0.3 is 19.7 Å². The van der Waals surface area contributed by atoms with Crippen molar-refractivity contribution < 1.29 is 29.3 Å². The highest BCUT2D eigenvalue weighted by Crippen LogP contribution is 2.59. The van der Waals surface area contributed by atoms with Crippen LogP contribution >= 0.6 is 0 Å². The molecule has 1 aromatic carbocycles. The molecule has 0 aliphatic heterocycles. The predicted octanol–water partition coefficient (Wildman–Crippen LogP) is 4.48. The number of hydrogen-bond acceptors (Lipinski definition) is 5. The number of carboxylic acid groups (broad SMARTS) is 1. The van der Waals surface area contributed by atoms with Crippen molar-refractivity contribution in [2.24, 2.45) is 11.3 Å². The smallest absolute Gasteiger partial charge is 0.306 e. The summed E-state index contributed by atoms with van der Waals surface area (Å²) in [5.74, 6) is -1.32. The van der Waals surface area contributed by atoms with Gasteiger partial charge in [0.05, 0.1) is 31.2 Å². The number of esters is 1. The zero-order valence-electron chi connectivity index (χ0n) is 19.4. The molecule has 0 heterocycles. The first-order valence-electron chi connectivity index (χ1n) is 11.2. The summed E-state index contributed by atoms with van der Waals surface area (Å²) in [5.41, 5.74) is 2.37. The van der Waals surface area contributed by atoms with E-state index in [-0.39, 0.29) is 36.2 Å². The minimum Gasteiger partial charge on any atom is -0.481 e. The monoisotopic (exact) mass is 432 g/mol. The normalized spacial score (nSPS) is 30.3. The van der Waals surface area contributed by atoms with Crippen LogP contribution in [0.3, 0.4) is 0 Å². The number of aliphatic hydroxyl groups excluding tert-OH is 1. The molecule has 4 unspecified atom stereocenters. The molecule has 1 aromatic rings. The summed E-state index contributed by atoms with van der Waals surface area (Å²) in [6, 6.07) is 6.33. The summed E-state index contributed by atoms with van der Waals surface area (Å²) in [7, 11) is 1.69. The fraction of sp³-hybridized carbons (Fsp3) is 0.680. The van der Waals surface area contributed by atoms with E-state index in [9.17, 15) is 14.7 Å². The molecule has 6 heteroatoms. The Bertz CT molecular complexity index is 846. The third-order valence-corrected chi connectivity index (χ3v) is 7.85. The molecule has 3 rings (SSSR count). The van der Waals surface area contributed by atoms with Crippen molar-refractivity contribution >= 4 is 11.9 Å². The van der Waals surface area contributed by atoms with Crippen molar-refractivity contribution in [2.75, 3.05) is 13.7 Å². The number of aliphatic carboxylic acids is 1. The molecule has 0 amide bonds. The molecule has 172 valence electrons. The van der Waals surface area contributed by atoms with E-state index in [1.165, 1.54) is 5.56 Å². The lowest BCUT2D eigenvalue weighted by atomic mass is 9.49. The number of benzene rings is 1. The van der Waals surface area contributed by atoms with E-state index in [2.05, 4.69) is 32.0 Å². The second kappa shape index (κ2) is 8.55. The van der Waals surface area contributed by atoms with Crippen LogP contribution in [0.5, 0.6) is 0 Å². The van der Waals surface area contributed by atoms with E-state index in [0.29, 0.717) is 6.42 Å². The Morgan fingerprint density at radius 2 is 1.90 bits per heavy atom. The first-order valence-corrected chi connectivity index (χ1v) is 11.2. The maximum Gasteiger partial charge on any atom is 0.306 e. The molecule has 0 spiro atoms. The molecule has 0 saturated heterocycles. The van der Waals surface area contributed by atoms with E-state index < -0.39 is 23.6 Å². The van der Waals surface area contributed by atoms with Crippen LogP contribution in [0.1, 0.15) is 89.0 Å². The van der Waals surface area contributed by atoms with Gasteiger partial charge in [-0.15, -0.1) is 0 Å². The molecule has 0 aromatic heterocycles. The topological polar surface area (TPSA) is 93.1 Å². The number of carbonyl (C=O) groups is 2. The summed E-state index contributed by atoms with van der Waals surface area (Å²) in [5, 5.41) is 19.9. The molecule has 2 N–H and O–H groups in total. The van der Waals surface area contributed by atoms with Crippen molar-refractivity contribution in [3.05, 3.63) is 34.9 Å². The second-order valence-electron chi connectivity index (χ2n) is 10.3. The van der Waals surface area contributed by atoms with Gasteiger partial charge in [-0.2, -0.15) is 0 Å². The number of fused-ring (bicyclic) bond motifs is 3. The average Bonchev–Trinajstić information content (AvgIpc) is 2.72. The van der Waals surface area contributed by atoms with E-state index >= 15 is 0 Å². The van der Waals surface area contributed by atoms with Gasteiger partial charge in [-0.1, -0.05) is 38.5 Å². The maximum absolute atomic E-state index is 12.0. The largest absolute Gasteiger partial charge is 0.481 e. The van der Waals surface area contributed by atoms with Crippen LogP contribution in [0.2, 0.25) is 0 Å². The Labute approximate surface area is 184 Å². The van der Waals surface area contributed by atoms with Gasteiger partial charge in [-0.25, -0.2) is 0 Å². The average molecular weight is 433 g/mol. The fourth-order valence-electron chi connectivity index (χ4n) is 5.74. The molecule has 1 fully saturated rings. The predicted molar refractivity (Wildman–Crippen MR) is 117 cm³/mol. The van der Waals surface area contributed by atoms with Gasteiger partial charge in [0.15, 0.2) is 0 Å². The first-order chi connectivity index (χ1) is 14.4. The van der Waals surface area contributed by atoms with Crippen LogP contribution in [0, 0.1) is 11.3 Å². The van der Waals surface area contributed by atoms with Gasteiger partial charge in [0.2, 0.25) is 0 Å². The molecule has 4 atom stereocenters. The molecule has 2 aliphatic carbocycles. The number of ether oxygens (including phenoxy) is 2. The third kappa shape index (κ3) is 4.51. The van der Waals surface area contributed by atoms with Crippen molar-refractivity contribution in [3.63, 3.8) is 0 Å². The van der Waals surface area contributed by atoms with E-state index in [1.54, 1.807) is 7.11 Å². The van der Waals surface area contributed by atoms with E-state index in [4.69, 9.17) is 14.6 Å². The highest BCUT2D eigenvalue weighted by atomic mass is 16.5. The lowest BCUT2D eigenvalue weighted by Crippen LogP contribution is -2.51. The molecule has 31 heavy (non-hydrogen) atoms. The van der Waals surface area contributed by atoms with Crippen LogP contribution in [0.15, 0.2) is 18.2 Å². The Balaban J connectivity index is 1.87. The second-order valence-corrected chi connectivity index (χ2v) is 10.3. The van der Waals surface area contributed by atoms with Crippen LogP contribution in [-0.4, -0.2) is 35.9 Å². The number of aliphatic hydroxyl groups is 1. The fourth-order valence-corrected chi connectivity index (χ4v) is 5.74. The van der Waals surface area contributed by atoms with Crippen molar-refractivity contribution in [1.82, 2.24) is 0 Å². The Morgan fingerprint density at radius 3 is 2.55 bits per heavy atom. The van der Waals surface area contributed by atoms with Gasteiger partial charge in [-0.3, -0.25) is 9.59 Å². The lowest BCUT2D eigenvalue weighted by molar-refractivity contribution is -0.154. The number of carboxylic acids is 1. The highest BCUT2D eigenvalue weighted by molar-refractivity contribution is 5.76. The number of methoxy groups -OCH3 is 1. The quantitative estimate of drug-likeness (QED) is 0.617. The minimum atomic E-state index is -1.00. The number of carbonyl (C=O) groups excluding carboxylic acids is 1. The van der Waals surface area contributed by atoms with Crippen molar-refractivity contribution in [1.29, 1.82) is 0 Å². The van der Waals surface area contributed by atoms with Gasteiger partial charge in [0, 0.05) is 12.5 Å². The molecular weight excluding hydrogens is 396 g/mol. The SMILES string of the molecule is COC(C)(C)c1ccc2c(c1)C(O)CC1C(C)(COC(=O)CCC(=O)O)CCCC21C. The van der Waals surface area contributed by atoms with E-state index in [0.717, 1.165) is 30.4 Å². The first kappa shape index (κ1) is 23.7. The lowest BCUT2D eigenvalue weighted by Gasteiger charge is -2.56. The zero-order valence-corrected chi connectivity index (χ0v) is 19.4. The van der Waals surface area contributed by atoms with Crippen LogP contribution in [0.25, 0.3) is 0 Å². The highest BCUT2D eigenvalue weighted by Gasteiger charge is 2.54. The third-order valence-electron chi connectivity index (χ3n) is 7.85. The van der Waals surface area contributed by atoms with Crippen LogP contribution < -0.4 is 0 Å². The molecule has 1 saturated carbocycles. The Hall–Kier alpha value is -1.92. The molecule has 0 bridgehead atoms. The number of hydrogen-bond donors (Lipinski definition) is 2. The van der Waals surface area contributed by atoms with Gasteiger partial charge >= 0.3 is 11.9 Å². The van der Waals surface area contributed by atoms with Crippen LogP contribution in [-0.2, 0) is 30.1 Å². The van der Waals surface area contributed by atoms with Crippen molar-refractivity contribution in [3.8, 4) is 0 Å². The number of rotatable bonds is 7. The molecule has 0 radical (unpaired) electrons. The summed E-state index contributed by atoms with van der Waals surface area (Å²) in [6.45, 7) is 8.70. The summed E-state index contributed by atoms with van der Waals surface area (Å²) in [4.78, 5) is 22.8. The zero-order chi connectivity index (χ0) is 23.0. The van der Waals surface area contributed by atoms with Gasteiger partial charge in [-0.05, 0) is 61.1 Å². The minimum absolute atomic E-state index is 0.114. The summed E-state index contributed by atoms with van der Waals surface area (Å²) >= 11 is 0. The van der Waals surface area contributed by atoms with Crippen LogP contribution in [0.4, 0.5) is 0 Å². The Morgan fingerprint density at radius 1 is 1.19 bits per heavy atom. The maximum atomic E-state index is 12.0. The molecule has 2 aliphatic rings. The van der Waals surface area contributed by atoms with Gasteiger partial charge in [0.1, 0.15) is 0 Å². The summed E-state index contributed by atoms with van der Waals surface area (Å²) in [6.07, 6.45) is 2.64. The Kier molecular flexibility index (Phi) is 6.55. The molecular formula is C25H36O6. The van der Waals surface area contributed by atoms with Gasteiger partial charge in [0.25, 0.3) is 0 Å². The standard InChI is InChI=1S/C25H36O6/c1-23(2,30-5)16-7-8-18-17(13-16)19(26)14-20-24(3,11-6-12-25(18,20)4)15-31-22(29)10-9-21(27)28/h7-8,13,19-20,26H,6,9-12,14-15H2,1-5H3,(H,27,28).